The fourth-order valence-electron chi connectivity index (χ4n) is 13.9. The smallest absolute Gasteiger partial charge is 0.0737 e. The Labute approximate surface area is 572 Å². The second-order valence-corrected chi connectivity index (χ2v) is 26.6. The SMILES string of the molecule is C#Cc1ccc(-c2c3nc(c(C)c4ccc([nH]4)c(-c4ccc(C#Cc5ccc(-c6c7nc(c(C)c8ccc([nH]8)c(-c8c(C)cc(C)cc8C)c8nc(c(-c9ccc(SC)cc9)c9ccc6[nH]9)C=C8)C=C7)cc5)cc4)c4nc(c(-c5ccc(SC)cc5)c5ccc2[nH]5)C=C4)C=C3)cc1. The van der Waals surface area contributed by atoms with Gasteiger partial charge in [-0.05, 0) is 261 Å². The zero-order chi connectivity index (χ0) is 66.0. The van der Waals surface area contributed by atoms with E-state index in [2.05, 4.69) is 303 Å². The van der Waals surface area contributed by atoms with Crippen LogP contribution in [0.25, 0.3) is 160 Å². The summed E-state index contributed by atoms with van der Waals surface area (Å²) in [4.78, 5) is 39.6. The number of rotatable bonds is 8. The van der Waals surface area contributed by atoms with Crippen molar-refractivity contribution in [3.05, 3.63) is 272 Å². The molecule has 6 aromatic carbocycles. The second kappa shape index (κ2) is 24.9. The minimum atomic E-state index is 0.820. The van der Waals surface area contributed by atoms with Gasteiger partial charge >= 0.3 is 0 Å². The lowest BCUT2D eigenvalue weighted by Crippen LogP contribution is -1.94. The van der Waals surface area contributed by atoms with Gasteiger partial charge in [0.2, 0.25) is 0 Å². The summed E-state index contributed by atoms with van der Waals surface area (Å²) >= 11 is 3.46. The Balaban J connectivity index is 0.795. The van der Waals surface area contributed by atoms with Gasteiger partial charge in [-0.2, -0.15) is 0 Å². The number of nitrogens with one attached hydrogen (secondary N) is 4. The van der Waals surface area contributed by atoms with Crippen molar-refractivity contribution >= 4 is 116 Å². The lowest BCUT2D eigenvalue weighted by molar-refractivity contribution is 1.27. The van der Waals surface area contributed by atoms with Gasteiger partial charge in [0, 0.05) is 104 Å². The number of aromatic amines is 4. The first-order valence-corrected chi connectivity index (χ1v) is 34.8. The first-order chi connectivity index (χ1) is 47.4. The van der Waals surface area contributed by atoms with Crippen LogP contribution >= 0.6 is 23.5 Å². The third-order valence-corrected chi connectivity index (χ3v) is 20.2. The molecule has 0 unspecified atom stereocenters. The fraction of sp³-hybridized carbons (Fsp3) is 0.0805. The van der Waals surface area contributed by atoms with Gasteiger partial charge in [-0.1, -0.05) is 96.1 Å². The quantitative estimate of drug-likeness (QED) is 0.0890. The summed E-state index contributed by atoms with van der Waals surface area (Å²) in [6.07, 6.45) is 27.1. The number of hydrogen-bond acceptors (Lipinski definition) is 6. The average molecular weight is 1290 g/mol. The van der Waals surface area contributed by atoms with Crippen LogP contribution in [0, 0.1) is 58.8 Å². The molecule has 12 aromatic rings. The molecule has 464 valence electrons. The molecular weight excluding hydrogens is 1220 g/mol. The molecule has 0 radical (unpaired) electrons. The first kappa shape index (κ1) is 60.3. The van der Waals surface area contributed by atoms with Gasteiger partial charge in [0.25, 0.3) is 0 Å². The fourth-order valence-corrected chi connectivity index (χ4v) is 14.7. The van der Waals surface area contributed by atoms with Crippen molar-refractivity contribution in [1.82, 2.24) is 39.9 Å². The average Bonchev–Trinajstić information content (AvgIpc) is 1.64. The van der Waals surface area contributed by atoms with Crippen LogP contribution in [0.2, 0.25) is 0 Å². The van der Waals surface area contributed by atoms with Gasteiger partial charge in [-0.15, -0.1) is 29.9 Å². The lowest BCUT2D eigenvalue weighted by atomic mass is 9.92. The van der Waals surface area contributed by atoms with E-state index < -0.39 is 0 Å². The predicted molar refractivity (Wildman–Crippen MR) is 411 cm³/mol. The van der Waals surface area contributed by atoms with E-state index in [0.29, 0.717) is 0 Å². The topological polar surface area (TPSA) is 115 Å². The molecule has 0 aliphatic carbocycles. The van der Waals surface area contributed by atoms with Crippen molar-refractivity contribution in [1.29, 1.82) is 0 Å². The Morgan fingerprint density at radius 2 is 0.546 bits per heavy atom. The highest BCUT2D eigenvalue weighted by molar-refractivity contribution is 7.98. The molecule has 0 saturated carbocycles. The zero-order valence-corrected chi connectivity index (χ0v) is 56.3. The first-order valence-electron chi connectivity index (χ1n) is 32.3. The predicted octanol–water partition coefficient (Wildman–Crippen LogP) is 22.0. The molecular formula is C87H64N8S2. The molecule has 4 N–H and O–H groups in total. The minimum Gasteiger partial charge on any atom is -0.355 e. The normalized spacial score (nSPS) is 12.1. The second-order valence-electron chi connectivity index (χ2n) is 24.9. The molecule has 16 rings (SSSR count). The third-order valence-electron chi connectivity index (χ3n) is 18.8. The summed E-state index contributed by atoms with van der Waals surface area (Å²) in [6.45, 7) is 10.8. The van der Waals surface area contributed by atoms with E-state index in [0.717, 1.165) is 179 Å². The molecule has 4 aliphatic heterocycles. The largest absolute Gasteiger partial charge is 0.355 e. The van der Waals surface area contributed by atoms with Crippen LogP contribution in [0.4, 0.5) is 0 Å². The van der Waals surface area contributed by atoms with Crippen LogP contribution in [0.5, 0.6) is 0 Å². The highest BCUT2D eigenvalue weighted by Crippen LogP contribution is 2.42. The van der Waals surface area contributed by atoms with Gasteiger partial charge in [0.15, 0.2) is 0 Å². The summed E-state index contributed by atoms with van der Waals surface area (Å²) in [5.41, 5.74) is 35.3. The van der Waals surface area contributed by atoms with Crippen molar-refractivity contribution in [3.63, 3.8) is 0 Å². The number of terminal acetylenes is 1. The number of thioether (sulfide) groups is 2. The van der Waals surface area contributed by atoms with E-state index in [1.165, 1.54) is 32.0 Å². The van der Waals surface area contributed by atoms with Gasteiger partial charge in [0.05, 0.1) is 45.6 Å². The summed E-state index contributed by atoms with van der Waals surface area (Å²) in [6, 6.07) is 64.5. The van der Waals surface area contributed by atoms with E-state index >= 15 is 0 Å². The molecule has 10 heterocycles. The van der Waals surface area contributed by atoms with Crippen molar-refractivity contribution in [2.75, 3.05) is 12.5 Å². The number of H-pyrrole nitrogens is 4. The van der Waals surface area contributed by atoms with Crippen LogP contribution < -0.4 is 0 Å². The number of aryl methyl sites for hydroxylation is 5. The summed E-state index contributed by atoms with van der Waals surface area (Å²) in [7, 11) is 0. The van der Waals surface area contributed by atoms with Crippen LogP contribution in [0.3, 0.4) is 0 Å². The van der Waals surface area contributed by atoms with Crippen LogP contribution in [0.15, 0.2) is 192 Å². The van der Waals surface area contributed by atoms with Gasteiger partial charge in [-0.3, -0.25) is 0 Å². The molecule has 97 heavy (non-hydrogen) atoms. The zero-order valence-electron chi connectivity index (χ0n) is 54.6. The number of fused-ring (bicyclic) bond motifs is 16. The van der Waals surface area contributed by atoms with E-state index in [9.17, 15) is 0 Å². The maximum atomic E-state index is 5.82. The molecule has 0 saturated heterocycles. The Hall–Kier alpha value is -11.7. The lowest BCUT2D eigenvalue weighted by Gasteiger charge is -2.13. The van der Waals surface area contributed by atoms with Crippen molar-refractivity contribution in [2.45, 2.75) is 44.4 Å². The number of aromatic nitrogens is 8. The molecule has 10 heteroatoms. The van der Waals surface area contributed by atoms with Crippen LogP contribution in [-0.4, -0.2) is 52.4 Å². The van der Waals surface area contributed by atoms with Gasteiger partial charge in [0.1, 0.15) is 0 Å². The maximum Gasteiger partial charge on any atom is 0.0737 e. The van der Waals surface area contributed by atoms with E-state index in [1.54, 1.807) is 23.5 Å². The monoisotopic (exact) mass is 1280 g/mol. The van der Waals surface area contributed by atoms with Crippen LogP contribution in [0.1, 0.15) is 90.1 Å². The number of nitrogens with zero attached hydrogens (tertiary/aromatic N) is 4. The standard InChI is InChI=1S/C87H64N8S2/c1-9-55-12-18-58(19-13-55)82-69-36-32-65(88-69)53(5)66-33-37-70(89-66)83(73-41-44-76(93-73)85(75-43-40-72(82)92-75)61-24-28-63(96-7)29-25-61)59-20-14-56(15-21-59)10-11-57-16-22-60(23-17-57)84-71-38-34-67(90-71)54(6)68-35-39-79(91-68)87(81-51(3)48-50(2)49-52(81)4)80-47-46-78(95-80)86(77-45-42-74(84)94-77)62-26-30-64(97-8)31-27-62/h1,12-49,89,91-92,94H,2-8H3. The van der Waals surface area contributed by atoms with Gasteiger partial charge < -0.3 is 19.9 Å². The van der Waals surface area contributed by atoms with E-state index in [1.807, 2.05) is 12.1 Å². The highest BCUT2D eigenvalue weighted by Gasteiger charge is 2.22. The van der Waals surface area contributed by atoms with E-state index in [-0.39, 0.29) is 0 Å². The summed E-state index contributed by atoms with van der Waals surface area (Å²) < 4.78 is 0. The van der Waals surface area contributed by atoms with Crippen molar-refractivity contribution in [2.24, 2.45) is 0 Å². The molecule has 6 aromatic heterocycles. The van der Waals surface area contributed by atoms with Crippen molar-refractivity contribution < 1.29 is 0 Å². The Morgan fingerprint density at radius 3 is 0.866 bits per heavy atom. The number of hydrogen-bond donors (Lipinski definition) is 4. The van der Waals surface area contributed by atoms with E-state index in [4.69, 9.17) is 26.4 Å². The Morgan fingerprint density at radius 1 is 0.289 bits per heavy atom. The number of benzene rings is 6. The minimum absolute atomic E-state index is 0.820. The molecule has 0 fully saturated rings. The summed E-state index contributed by atoms with van der Waals surface area (Å²) in [5.74, 6) is 9.77. The third kappa shape index (κ3) is 11.3. The molecule has 8 nitrogen and oxygen atoms in total. The Bertz CT molecular complexity index is 5850. The summed E-state index contributed by atoms with van der Waals surface area (Å²) in [5, 5.41) is 0. The maximum absolute atomic E-state index is 5.82. The molecule has 16 bridgehead atoms. The molecule has 0 amide bonds. The highest BCUT2D eigenvalue weighted by atomic mass is 32.2. The Kier molecular flexibility index (Phi) is 15.5. The van der Waals surface area contributed by atoms with Crippen molar-refractivity contribution in [3.8, 4) is 90.9 Å². The molecule has 4 aliphatic rings. The molecule has 0 spiro atoms. The van der Waals surface area contributed by atoms with Crippen LogP contribution in [-0.2, 0) is 0 Å². The molecule has 0 atom stereocenters. The van der Waals surface area contributed by atoms with Gasteiger partial charge in [-0.25, -0.2) is 19.9 Å².